The van der Waals surface area contributed by atoms with Crippen LogP contribution in [0.5, 0.6) is 5.75 Å². The lowest BCUT2D eigenvalue weighted by Gasteiger charge is -2.18. The Balaban J connectivity index is 1.62. The summed E-state index contributed by atoms with van der Waals surface area (Å²) in [6, 6.07) is 11.4. The van der Waals surface area contributed by atoms with Crippen molar-refractivity contribution in [3.05, 3.63) is 71.6 Å². The summed E-state index contributed by atoms with van der Waals surface area (Å²) in [5.74, 6) is -0.362. The van der Waals surface area contributed by atoms with Gasteiger partial charge in [-0.25, -0.2) is 14.4 Å². The second kappa shape index (κ2) is 9.87. The van der Waals surface area contributed by atoms with E-state index in [1.165, 1.54) is 31.3 Å². The fourth-order valence-electron chi connectivity index (χ4n) is 4.05. The molecule has 0 bridgehead atoms. The molecule has 32 heavy (non-hydrogen) atoms. The summed E-state index contributed by atoms with van der Waals surface area (Å²) in [7, 11) is 0. The fourth-order valence-corrected chi connectivity index (χ4v) is 4.05. The number of hydrogen-bond donors (Lipinski definition) is 1. The number of nitrogens with one attached hydrogen (secondary N) is 1. The van der Waals surface area contributed by atoms with Crippen LogP contribution in [0.2, 0.25) is 0 Å². The monoisotopic (exact) mass is 434 g/mol. The lowest BCUT2D eigenvalue weighted by Crippen LogP contribution is -2.25. The normalized spacial score (nSPS) is 13.8. The van der Waals surface area contributed by atoms with E-state index in [0.717, 1.165) is 42.1 Å². The minimum absolute atomic E-state index is 0.00426. The van der Waals surface area contributed by atoms with E-state index < -0.39 is 11.7 Å². The van der Waals surface area contributed by atoms with Crippen molar-refractivity contribution in [1.29, 1.82) is 0 Å². The predicted octanol–water partition coefficient (Wildman–Crippen LogP) is 4.63. The lowest BCUT2D eigenvalue weighted by molar-refractivity contribution is 0.102. The molecular formula is C25H27FN4O2. The molecule has 2 heterocycles. The van der Waals surface area contributed by atoms with Crippen molar-refractivity contribution in [3.8, 4) is 16.9 Å². The number of amides is 1. The van der Waals surface area contributed by atoms with Crippen molar-refractivity contribution in [2.45, 2.75) is 26.7 Å². The Hall–Kier alpha value is -3.32. The average Bonchev–Trinajstić information content (AvgIpc) is 3.29. The molecule has 7 heteroatoms. The molecule has 2 aromatic carbocycles. The zero-order valence-electron chi connectivity index (χ0n) is 18.4. The van der Waals surface area contributed by atoms with Crippen molar-refractivity contribution in [2.75, 3.05) is 31.6 Å². The van der Waals surface area contributed by atoms with E-state index in [0.29, 0.717) is 18.0 Å². The minimum Gasteiger partial charge on any atom is -0.492 e. The number of nitrogens with zero attached hydrogens (tertiary/aromatic N) is 3. The molecule has 3 aromatic rings. The van der Waals surface area contributed by atoms with Crippen LogP contribution in [0.4, 0.5) is 10.1 Å². The van der Waals surface area contributed by atoms with Crippen LogP contribution in [0.1, 0.15) is 34.6 Å². The number of ether oxygens (including phenoxy) is 1. The molecule has 0 saturated carbocycles. The molecular weight excluding hydrogens is 407 g/mol. The summed E-state index contributed by atoms with van der Waals surface area (Å²) in [5, 5.41) is 2.79. The third-order valence-corrected chi connectivity index (χ3v) is 5.72. The van der Waals surface area contributed by atoms with Gasteiger partial charge in [0.05, 0.1) is 5.56 Å². The molecule has 0 atom stereocenters. The number of halogens is 1. The smallest absolute Gasteiger partial charge is 0.258 e. The maximum Gasteiger partial charge on any atom is 0.258 e. The van der Waals surface area contributed by atoms with Gasteiger partial charge in [0.15, 0.2) is 0 Å². The van der Waals surface area contributed by atoms with E-state index in [1.54, 1.807) is 18.2 Å². The van der Waals surface area contributed by atoms with Gasteiger partial charge in [-0.2, -0.15) is 0 Å². The lowest BCUT2D eigenvalue weighted by atomic mass is 10.0. The second-order valence-corrected chi connectivity index (χ2v) is 7.96. The summed E-state index contributed by atoms with van der Waals surface area (Å²) in [6.45, 7) is 7.50. The van der Waals surface area contributed by atoms with E-state index in [9.17, 15) is 9.18 Å². The molecule has 1 aliphatic heterocycles. The zero-order valence-corrected chi connectivity index (χ0v) is 18.4. The van der Waals surface area contributed by atoms with Crippen molar-refractivity contribution in [1.82, 2.24) is 14.9 Å². The summed E-state index contributed by atoms with van der Waals surface area (Å²) in [4.78, 5) is 23.7. The molecule has 1 aromatic heterocycles. The number of benzene rings is 2. The Bertz CT molecular complexity index is 1090. The number of likely N-dealkylation sites (tertiary alicyclic amines) is 1. The van der Waals surface area contributed by atoms with Gasteiger partial charge < -0.3 is 10.1 Å². The zero-order chi connectivity index (χ0) is 22.5. The second-order valence-electron chi connectivity index (χ2n) is 7.96. The first-order valence-electron chi connectivity index (χ1n) is 10.9. The van der Waals surface area contributed by atoms with Crippen LogP contribution >= 0.6 is 0 Å². The molecule has 1 saturated heterocycles. The summed E-state index contributed by atoms with van der Waals surface area (Å²) < 4.78 is 20.2. The highest BCUT2D eigenvalue weighted by Gasteiger charge is 2.17. The SMILES string of the molecule is Cc1ncnc(C)c1-c1cc(NC(=O)c2ccccc2F)ccc1OCCN1CCCC1. The first-order valence-corrected chi connectivity index (χ1v) is 10.9. The Labute approximate surface area is 187 Å². The molecule has 0 unspecified atom stereocenters. The van der Waals surface area contributed by atoms with Crippen molar-refractivity contribution in [2.24, 2.45) is 0 Å². The fraction of sp³-hybridized carbons (Fsp3) is 0.320. The van der Waals surface area contributed by atoms with E-state index in [1.807, 2.05) is 26.0 Å². The quantitative estimate of drug-likeness (QED) is 0.587. The van der Waals surface area contributed by atoms with Gasteiger partial charge in [0.1, 0.15) is 24.5 Å². The van der Waals surface area contributed by atoms with Crippen LogP contribution in [-0.2, 0) is 0 Å². The Morgan fingerprint density at radius 1 is 1.09 bits per heavy atom. The Kier molecular flexibility index (Phi) is 6.75. The highest BCUT2D eigenvalue weighted by atomic mass is 19.1. The van der Waals surface area contributed by atoms with Crippen LogP contribution < -0.4 is 10.1 Å². The molecule has 1 fully saturated rings. The molecule has 0 radical (unpaired) electrons. The Morgan fingerprint density at radius 2 is 1.81 bits per heavy atom. The highest BCUT2D eigenvalue weighted by molar-refractivity contribution is 6.04. The average molecular weight is 435 g/mol. The molecule has 1 N–H and O–H groups in total. The van der Waals surface area contributed by atoms with Gasteiger partial charge in [0, 0.05) is 34.7 Å². The van der Waals surface area contributed by atoms with E-state index >= 15 is 0 Å². The van der Waals surface area contributed by atoms with E-state index in [4.69, 9.17) is 4.74 Å². The number of carbonyl (C=O) groups is 1. The molecule has 1 amide bonds. The van der Waals surface area contributed by atoms with Crippen molar-refractivity contribution >= 4 is 11.6 Å². The van der Waals surface area contributed by atoms with Crippen molar-refractivity contribution < 1.29 is 13.9 Å². The predicted molar refractivity (Wildman–Crippen MR) is 122 cm³/mol. The van der Waals surface area contributed by atoms with Gasteiger partial charge in [0.2, 0.25) is 0 Å². The molecule has 0 spiro atoms. The maximum absolute atomic E-state index is 14.0. The van der Waals surface area contributed by atoms with Crippen molar-refractivity contribution in [3.63, 3.8) is 0 Å². The molecule has 6 nitrogen and oxygen atoms in total. The third kappa shape index (κ3) is 4.94. The summed E-state index contributed by atoms with van der Waals surface area (Å²) in [6.07, 6.45) is 4.01. The summed E-state index contributed by atoms with van der Waals surface area (Å²) in [5.41, 5.74) is 3.84. The summed E-state index contributed by atoms with van der Waals surface area (Å²) >= 11 is 0. The first kappa shape index (κ1) is 21.9. The topological polar surface area (TPSA) is 67.3 Å². The van der Waals surface area contributed by atoms with Gasteiger partial charge in [0.25, 0.3) is 5.91 Å². The van der Waals surface area contributed by atoms with Crippen LogP contribution in [0, 0.1) is 19.7 Å². The van der Waals surface area contributed by atoms with Crippen LogP contribution in [-0.4, -0.2) is 47.0 Å². The molecule has 1 aliphatic rings. The highest BCUT2D eigenvalue weighted by Crippen LogP contribution is 2.35. The first-order chi connectivity index (χ1) is 15.5. The number of aromatic nitrogens is 2. The number of rotatable bonds is 7. The van der Waals surface area contributed by atoms with Gasteiger partial charge in [-0.1, -0.05) is 12.1 Å². The van der Waals surface area contributed by atoms with E-state index in [-0.39, 0.29) is 5.56 Å². The largest absolute Gasteiger partial charge is 0.492 e. The van der Waals surface area contributed by atoms with E-state index in [2.05, 4.69) is 20.2 Å². The van der Waals surface area contributed by atoms with Crippen LogP contribution in [0.15, 0.2) is 48.8 Å². The Morgan fingerprint density at radius 3 is 2.53 bits per heavy atom. The number of hydrogen-bond acceptors (Lipinski definition) is 5. The standard InChI is InChI=1S/C25H27FN4O2/c1-17-24(18(2)28-16-27-17)21-15-19(29-25(31)20-7-3-4-8-22(20)26)9-10-23(21)32-14-13-30-11-5-6-12-30/h3-4,7-10,15-16H,5-6,11-14H2,1-2H3,(H,29,31). The third-order valence-electron chi connectivity index (χ3n) is 5.72. The van der Waals surface area contributed by atoms with Crippen LogP contribution in [0.3, 0.4) is 0 Å². The minimum atomic E-state index is -0.560. The number of anilines is 1. The molecule has 4 rings (SSSR count). The number of carbonyl (C=O) groups excluding carboxylic acids is 1. The van der Waals surface area contributed by atoms with Crippen LogP contribution in [0.25, 0.3) is 11.1 Å². The molecule has 0 aliphatic carbocycles. The van der Waals surface area contributed by atoms with Gasteiger partial charge in [-0.05, 0) is 70.1 Å². The van der Waals surface area contributed by atoms with Gasteiger partial charge in [-0.15, -0.1) is 0 Å². The maximum atomic E-state index is 14.0. The molecule has 166 valence electrons. The number of aryl methyl sites for hydroxylation is 2. The van der Waals surface area contributed by atoms with Gasteiger partial charge >= 0.3 is 0 Å². The van der Waals surface area contributed by atoms with Gasteiger partial charge in [-0.3, -0.25) is 9.69 Å².